The molecular weight excluding hydrogens is 252 g/mol. The van der Waals surface area contributed by atoms with Crippen LogP contribution < -0.4 is 5.73 Å². The standard InChI is InChI=1S/C7H5BrN4O2/c8-3-1-2-4-10-7(9)11-12(4)5(3)6(13)14/h1-2H,(H2,9,11)(H,13,14). The van der Waals surface area contributed by atoms with Gasteiger partial charge in [-0.2, -0.15) is 4.98 Å². The lowest BCUT2D eigenvalue weighted by atomic mass is 10.3. The third-order valence-electron chi connectivity index (χ3n) is 1.67. The van der Waals surface area contributed by atoms with E-state index >= 15 is 0 Å². The minimum atomic E-state index is -1.09. The fourth-order valence-electron chi connectivity index (χ4n) is 1.13. The Bertz CT molecular complexity index is 522. The van der Waals surface area contributed by atoms with Crippen LogP contribution in [0.1, 0.15) is 10.5 Å². The Balaban J connectivity index is 2.88. The monoisotopic (exact) mass is 256 g/mol. The molecule has 72 valence electrons. The molecule has 0 saturated carbocycles. The van der Waals surface area contributed by atoms with Crippen LogP contribution in [-0.4, -0.2) is 25.7 Å². The van der Waals surface area contributed by atoms with E-state index in [1.807, 2.05) is 0 Å². The fraction of sp³-hybridized carbons (Fsp3) is 0. The van der Waals surface area contributed by atoms with Crippen molar-refractivity contribution in [3.63, 3.8) is 0 Å². The van der Waals surface area contributed by atoms with E-state index in [0.29, 0.717) is 10.1 Å². The third kappa shape index (κ3) is 1.22. The zero-order valence-electron chi connectivity index (χ0n) is 6.81. The Morgan fingerprint density at radius 1 is 1.57 bits per heavy atom. The molecule has 0 aromatic carbocycles. The van der Waals surface area contributed by atoms with Crippen molar-refractivity contribution in [3.8, 4) is 0 Å². The normalized spacial score (nSPS) is 10.6. The molecule has 7 heteroatoms. The lowest BCUT2D eigenvalue weighted by Gasteiger charge is -2.00. The van der Waals surface area contributed by atoms with E-state index in [-0.39, 0.29) is 11.6 Å². The molecule has 0 atom stereocenters. The second-order valence-electron chi connectivity index (χ2n) is 2.58. The Kier molecular flexibility index (Phi) is 1.88. The summed E-state index contributed by atoms with van der Waals surface area (Å²) >= 11 is 3.12. The Labute approximate surface area is 86.5 Å². The second-order valence-corrected chi connectivity index (χ2v) is 3.43. The largest absolute Gasteiger partial charge is 0.476 e. The smallest absolute Gasteiger partial charge is 0.355 e. The molecule has 3 N–H and O–H groups in total. The average molecular weight is 257 g/mol. The van der Waals surface area contributed by atoms with Crippen molar-refractivity contribution in [2.45, 2.75) is 0 Å². The van der Waals surface area contributed by atoms with E-state index in [4.69, 9.17) is 10.8 Å². The maximum Gasteiger partial charge on any atom is 0.355 e. The molecule has 0 aliphatic heterocycles. The van der Waals surface area contributed by atoms with E-state index < -0.39 is 5.97 Å². The van der Waals surface area contributed by atoms with E-state index in [0.717, 1.165) is 0 Å². The summed E-state index contributed by atoms with van der Waals surface area (Å²) in [6.07, 6.45) is 0. The van der Waals surface area contributed by atoms with Crippen molar-refractivity contribution in [2.75, 3.05) is 5.73 Å². The number of anilines is 1. The number of aromatic carboxylic acids is 1. The summed E-state index contributed by atoms with van der Waals surface area (Å²) in [7, 11) is 0. The summed E-state index contributed by atoms with van der Waals surface area (Å²) in [5.41, 5.74) is 5.77. The Morgan fingerprint density at radius 3 is 2.93 bits per heavy atom. The molecule has 2 heterocycles. The summed E-state index contributed by atoms with van der Waals surface area (Å²) in [6, 6.07) is 3.22. The van der Waals surface area contributed by atoms with Crippen LogP contribution in [0, 0.1) is 0 Å². The summed E-state index contributed by atoms with van der Waals surface area (Å²) < 4.78 is 1.62. The molecule has 6 nitrogen and oxygen atoms in total. The number of nitrogens with zero attached hydrogens (tertiary/aromatic N) is 3. The predicted molar refractivity (Wildman–Crippen MR) is 52.1 cm³/mol. The molecule has 0 aliphatic carbocycles. The summed E-state index contributed by atoms with van der Waals surface area (Å²) in [6.45, 7) is 0. The van der Waals surface area contributed by atoms with Gasteiger partial charge in [-0.1, -0.05) is 0 Å². The number of hydrogen-bond acceptors (Lipinski definition) is 4. The van der Waals surface area contributed by atoms with Gasteiger partial charge in [-0.15, -0.1) is 5.10 Å². The Hall–Kier alpha value is -1.63. The van der Waals surface area contributed by atoms with Gasteiger partial charge in [0.05, 0.1) is 4.47 Å². The number of nitrogens with two attached hydrogens (primary N) is 1. The first-order valence-corrected chi connectivity index (χ1v) is 4.43. The minimum Gasteiger partial charge on any atom is -0.476 e. The van der Waals surface area contributed by atoms with Gasteiger partial charge in [-0.05, 0) is 28.1 Å². The molecule has 0 saturated heterocycles. The van der Waals surface area contributed by atoms with Crippen LogP contribution in [0.4, 0.5) is 5.95 Å². The van der Waals surface area contributed by atoms with Crippen LogP contribution >= 0.6 is 15.9 Å². The van der Waals surface area contributed by atoms with Crippen LogP contribution in [0.3, 0.4) is 0 Å². The van der Waals surface area contributed by atoms with Crippen molar-refractivity contribution >= 4 is 33.5 Å². The number of carboxylic acid groups (broad SMARTS) is 1. The fourth-order valence-corrected chi connectivity index (χ4v) is 1.60. The van der Waals surface area contributed by atoms with Crippen LogP contribution in [0.5, 0.6) is 0 Å². The van der Waals surface area contributed by atoms with Crippen LogP contribution in [0.25, 0.3) is 5.65 Å². The molecule has 2 rings (SSSR count). The highest BCUT2D eigenvalue weighted by Gasteiger charge is 2.15. The minimum absolute atomic E-state index is 0.00620. The number of nitrogen functional groups attached to an aromatic ring is 1. The quantitative estimate of drug-likeness (QED) is 0.786. The van der Waals surface area contributed by atoms with Crippen LogP contribution in [0.15, 0.2) is 16.6 Å². The molecule has 0 radical (unpaired) electrons. The third-order valence-corrected chi connectivity index (χ3v) is 2.31. The first-order chi connectivity index (χ1) is 6.59. The first kappa shape index (κ1) is 8.95. The number of pyridine rings is 1. The van der Waals surface area contributed by atoms with Gasteiger partial charge in [0.2, 0.25) is 5.95 Å². The molecule has 2 aromatic heterocycles. The van der Waals surface area contributed by atoms with E-state index in [1.165, 1.54) is 4.52 Å². The molecule has 0 fully saturated rings. The SMILES string of the molecule is Nc1nc2ccc(Br)c(C(=O)O)n2n1. The molecule has 0 spiro atoms. The highest BCUT2D eigenvalue weighted by atomic mass is 79.9. The lowest BCUT2D eigenvalue weighted by Crippen LogP contribution is -2.07. The number of halogens is 1. The van der Waals surface area contributed by atoms with Crippen molar-refractivity contribution in [2.24, 2.45) is 0 Å². The highest BCUT2D eigenvalue weighted by Crippen LogP contribution is 2.18. The summed E-state index contributed by atoms with van der Waals surface area (Å²) in [4.78, 5) is 14.7. The lowest BCUT2D eigenvalue weighted by molar-refractivity contribution is 0.0686. The average Bonchev–Trinajstić information content (AvgIpc) is 2.43. The highest BCUT2D eigenvalue weighted by molar-refractivity contribution is 9.10. The van der Waals surface area contributed by atoms with Crippen molar-refractivity contribution in [1.82, 2.24) is 14.6 Å². The van der Waals surface area contributed by atoms with E-state index in [1.54, 1.807) is 12.1 Å². The second kappa shape index (κ2) is 2.95. The molecule has 0 aliphatic rings. The van der Waals surface area contributed by atoms with Crippen LogP contribution in [0.2, 0.25) is 0 Å². The van der Waals surface area contributed by atoms with Gasteiger partial charge >= 0.3 is 5.97 Å². The maximum absolute atomic E-state index is 10.9. The number of hydrogen-bond donors (Lipinski definition) is 2. The van der Waals surface area contributed by atoms with Gasteiger partial charge in [-0.25, -0.2) is 9.31 Å². The number of aromatic nitrogens is 3. The van der Waals surface area contributed by atoms with Gasteiger partial charge < -0.3 is 10.8 Å². The van der Waals surface area contributed by atoms with E-state index in [2.05, 4.69) is 26.0 Å². The van der Waals surface area contributed by atoms with Gasteiger partial charge in [0.15, 0.2) is 11.3 Å². The number of carboxylic acids is 1. The predicted octanol–water partition coefficient (Wildman–Crippen LogP) is 0.772. The maximum atomic E-state index is 10.9. The van der Waals surface area contributed by atoms with Gasteiger partial charge in [0, 0.05) is 0 Å². The van der Waals surface area contributed by atoms with E-state index in [9.17, 15) is 4.79 Å². The zero-order valence-corrected chi connectivity index (χ0v) is 8.39. The Morgan fingerprint density at radius 2 is 2.29 bits per heavy atom. The van der Waals surface area contributed by atoms with Crippen molar-refractivity contribution in [3.05, 3.63) is 22.3 Å². The van der Waals surface area contributed by atoms with Gasteiger partial charge in [0.1, 0.15) is 0 Å². The molecule has 0 unspecified atom stereocenters. The number of fused-ring (bicyclic) bond motifs is 1. The molecule has 0 amide bonds. The molecule has 2 aromatic rings. The molecule has 0 bridgehead atoms. The zero-order chi connectivity index (χ0) is 10.3. The van der Waals surface area contributed by atoms with Crippen molar-refractivity contribution in [1.29, 1.82) is 0 Å². The summed E-state index contributed by atoms with van der Waals surface area (Å²) in [5, 5.41) is 12.7. The van der Waals surface area contributed by atoms with Gasteiger partial charge in [0.25, 0.3) is 0 Å². The number of rotatable bonds is 1. The topological polar surface area (TPSA) is 93.5 Å². The van der Waals surface area contributed by atoms with Crippen LogP contribution in [-0.2, 0) is 0 Å². The van der Waals surface area contributed by atoms with Gasteiger partial charge in [-0.3, -0.25) is 0 Å². The number of carbonyl (C=O) groups is 1. The first-order valence-electron chi connectivity index (χ1n) is 3.63. The molecule has 14 heavy (non-hydrogen) atoms. The summed E-state index contributed by atoms with van der Waals surface area (Å²) in [5.74, 6) is -1.04. The van der Waals surface area contributed by atoms with Crippen molar-refractivity contribution < 1.29 is 9.90 Å². The molecular formula is C7H5BrN4O2.